The Morgan fingerprint density at radius 2 is 2.05 bits per heavy atom. The van der Waals surface area contributed by atoms with Gasteiger partial charge in [0.1, 0.15) is 12.2 Å². The van der Waals surface area contributed by atoms with Gasteiger partial charge >= 0.3 is 11.7 Å². The van der Waals surface area contributed by atoms with Crippen LogP contribution < -0.4 is 11.2 Å². The highest BCUT2D eigenvalue weighted by Crippen LogP contribution is 2.27. The van der Waals surface area contributed by atoms with Gasteiger partial charge in [0.2, 0.25) is 0 Å². The van der Waals surface area contributed by atoms with E-state index in [1.807, 2.05) is 4.98 Å². The summed E-state index contributed by atoms with van der Waals surface area (Å²) < 4.78 is 6.18. The normalized spacial score (nSPS) is 29.1. The van der Waals surface area contributed by atoms with Crippen molar-refractivity contribution in [2.75, 3.05) is 0 Å². The van der Waals surface area contributed by atoms with Crippen LogP contribution >= 0.6 is 0 Å². The Morgan fingerprint density at radius 1 is 1.38 bits per heavy atom. The molecule has 4 atom stereocenters. The number of nitrogens with one attached hydrogen (secondary N) is 1. The molecule has 2 heterocycles. The molecule has 4 unspecified atom stereocenters. The molecule has 1 aliphatic rings. The van der Waals surface area contributed by atoms with Crippen molar-refractivity contribution >= 4 is 12.0 Å². The van der Waals surface area contributed by atoms with E-state index in [1.165, 1.54) is 6.92 Å². The topological polar surface area (TPSA) is 142 Å². The summed E-state index contributed by atoms with van der Waals surface area (Å²) in [5.74, 6) is -1.26. The average molecular weight is 298 g/mol. The molecule has 1 saturated heterocycles. The van der Waals surface area contributed by atoms with Gasteiger partial charge in [-0.1, -0.05) is 0 Å². The van der Waals surface area contributed by atoms with Crippen LogP contribution in [0.25, 0.3) is 6.08 Å². The zero-order chi connectivity index (χ0) is 15.7. The molecule has 1 fully saturated rings. The number of aliphatic carboxylic acids is 1. The highest BCUT2D eigenvalue weighted by Gasteiger charge is 2.41. The van der Waals surface area contributed by atoms with Crippen molar-refractivity contribution in [1.82, 2.24) is 9.55 Å². The highest BCUT2D eigenvalue weighted by molar-refractivity contribution is 5.85. The van der Waals surface area contributed by atoms with E-state index in [9.17, 15) is 24.6 Å². The second kappa shape index (κ2) is 5.64. The van der Waals surface area contributed by atoms with Crippen LogP contribution in [0, 0.1) is 0 Å². The SMILES string of the molecule is CC1OC(n2cc(/C=C/C(=O)O)c(=O)[nH]c2=O)C(O)C1O. The average Bonchev–Trinajstić information content (AvgIpc) is 2.65. The lowest BCUT2D eigenvalue weighted by atomic mass is 10.1. The van der Waals surface area contributed by atoms with Crippen LogP contribution in [0.3, 0.4) is 0 Å². The molecule has 9 heteroatoms. The number of rotatable bonds is 3. The van der Waals surface area contributed by atoms with Crippen LogP contribution in [0.5, 0.6) is 0 Å². The van der Waals surface area contributed by atoms with Gasteiger partial charge in [-0.2, -0.15) is 0 Å². The van der Waals surface area contributed by atoms with Gasteiger partial charge in [-0.3, -0.25) is 14.3 Å². The maximum atomic E-state index is 11.8. The number of nitrogens with zero attached hydrogens (tertiary/aromatic N) is 1. The van der Waals surface area contributed by atoms with Crippen LogP contribution in [0.1, 0.15) is 18.7 Å². The second-order valence-electron chi connectivity index (χ2n) is 4.64. The van der Waals surface area contributed by atoms with E-state index >= 15 is 0 Å². The number of carbonyl (C=O) groups is 1. The molecular weight excluding hydrogens is 284 g/mol. The molecule has 1 aromatic rings. The molecule has 0 bridgehead atoms. The van der Waals surface area contributed by atoms with Gasteiger partial charge < -0.3 is 20.1 Å². The zero-order valence-corrected chi connectivity index (χ0v) is 11.0. The Hall–Kier alpha value is -2.23. The fourth-order valence-corrected chi connectivity index (χ4v) is 2.03. The molecule has 21 heavy (non-hydrogen) atoms. The summed E-state index contributed by atoms with van der Waals surface area (Å²) in [6.07, 6.45) is -1.56. The molecule has 2 rings (SSSR count). The molecule has 0 radical (unpaired) electrons. The summed E-state index contributed by atoms with van der Waals surface area (Å²) in [6, 6.07) is 0. The van der Waals surface area contributed by atoms with Crippen molar-refractivity contribution < 1.29 is 24.9 Å². The molecule has 1 aromatic heterocycles. The third kappa shape index (κ3) is 2.94. The first-order chi connectivity index (χ1) is 9.81. The molecule has 114 valence electrons. The van der Waals surface area contributed by atoms with E-state index in [0.29, 0.717) is 0 Å². The van der Waals surface area contributed by atoms with Gasteiger partial charge in [-0.05, 0) is 13.0 Å². The van der Waals surface area contributed by atoms with E-state index in [2.05, 4.69) is 0 Å². The number of carboxylic acids is 1. The number of aromatic nitrogens is 2. The number of ether oxygens (including phenoxy) is 1. The summed E-state index contributed by atoms with van der Waals surface area (Å²) in [5.41, 5.74) is -1.70. The number of aromatic amines is 1. The Balaban J connectivity index is 2.45. The predicted molar refractivity (Wildman–Crippen MR) is 69.6 cm³/mol. The first-order valence-electron chi connectivity index (χ1n) is 6.09. The summed E-state index contributed by atoms with van der Waals surface area (Å²) in [6.45, 7) is 1.52. The first-order valence-corrected chi connectivity index (χ1v) is 6.09. The number of hydrogen-bond donors (Lipinski definition) is 4. The van der Waals surface area contributed by atoms with E-state index in [4.69, 9.17) is 9.84 Å². The molecule has 4 N–H and O–H groups in total. The first kappa shape index (κ1) is 15.2. The number of aliphatic hydroxyl groups is 2. The quantitative estimate of drug-likeness (QED) is 0.486. The van der Waals surface area contributed by atoms with Gasteiger partial charge in [0.15, 0.2) is 6.23 Å². The molecule has 0 amide bonds. The largest absolute Gasteiger partial charge is 0.478 e. The van der Waals surface area contributed by atoms with E-state index in [0.717, 1.165) is 22.9 Å². The summed E-state index contributed by atoms with van der Waals surface area (Å²) >= 11 is 0. The number of carboxylic acid groups (broad SMARTS) is 1. The maximum absolute atomic E-state index is 11.8. The van der Waals surface area contributed by atoms with Crippen molar-refractivity contribution in [3.05, 3.63) is 38.7 Å². The third-order valence-electron chi connectivity index (χ3n) is 3.15. The van der Waals surface area contributed by atoms with Crippen LogP contribution in [-0.4, -0.2) is 49.2 Å². The Morgan fingerprint density at radius 3 is 2.57 bits per heavy atom. The van der Waals surface area contributed by atoms with Gasteiger partial charge in [-0.15, -0.1) is 0 Å². The molecule has 1 aliphatic heterocycles. The fraction of sp³-hybridized carbons (Fsp3) is 0.417. The lowest BCUT2D eigenvalue weighted by Crippen LogP contribution is -2.38. The smallest absolute Gasteiger partial charge is 0.330 e. The highest BCUT2D eigenvalue weighted by atomic mass is 16.6. The standard InChI is InChI=1S/C12H14N2O7/c1-5-8(17)9(18)11(21-5)14-4-6(2-3-7(15)16)10(19)13-12(14)20/h2-5,8-9,11,17-18H,1H3,(H,15,16)(H,13,19,20)/b3-2+. The lowest BCUT2D eigenvalue weighted by molar-refractivity contribution is -0.131. The molecule has 0 spiro atoms. The van der Waals surface area contributed by atoms with Crippen LogP contribution in [0.2, 0.25) is 0 Å². The fourth-order valence-electron chi connectivity index (χ4n) is 2.03. The number of H-pyrrole nitrogens is 1. The van der Waals surface area contributed by atoms with E-state index in [-0.39, 0.29) is 5.56 Å². The monoisotopic (exact) mass is 298 g/mol. The molecule has 9 nitrogen and oxygen atoms in total. The lowest BCUT2D eigenvalue weighted by Gasteiger charge is -2.17. The van der Waals surface area contributed by atoms with Crippen molar-refractivity contribution in [2.24, 2.45) is 0 Å². The Kier molecular flexibility index (Phi) is 4.07. The molecular formula is C12H14N2O7. The van der Waals surface area contributed by atoms with Gasteiger partial charge in [0.25, 0.3) is 5.56 Å². The maximum Gasteiger partial charge on any atom is 0.330 e. The van der Waals surface area contributed by atoms with Gasteiger partial charge in [-0.25, -0.2) is 9.59 Å². The molecule has 0 saturated carbocycles. The van der Waals surface area contributed by atoms with Crippen LogP contribution in [0.4, 0.5) is 0 Å². The van der Waals surface area contributed by atoms with Crippen LogP contribution in [-0.2, 0) is 9.53 Å². The van der Waals surface area contributed by atoms with E-state index < -0.39 is 41.8 Å². The minimum Gasteiger partial charge on any atom is -0.478 e. The summed E-state index contributed by atoms with van der Waals surface area (Å²) in [4.78, 5) is 35.8. The zero-order valence-electron chi connectivity index (χ0n) is 11.0. The number of hydrogen-bond acceptors (Lipinski definition) is 6. The van der Waals surface area contributed by atoms with Crippen molar-refractivity contribution in [2.45, 2.75) is 31.5 Å². The summed E-state index contributed by atoms with van der Waals surface area (Å²) in [7, 11) is 0. The third-order valence-corrected chi connectivity index (χ3v) is 3.15. The van der Waals surface area contributed by atoms with E-state index in [1.54, 1.807) is 0 Å². The minimum absolute atomic E-state index is 0.0955. The summed E-state index contributed by atoms with van der Waals surface area (Å²) in [5, 5.41) is 28.0. The second-order valence-corrected chi connectivity index (χ2v) is 4.64. The minimum atomic E-state index is -1.35. The van der Waals surface area contributed by atoms with Crippen molar-refractivity contribution in [3.8, 4) is 0 Å². The Labute approximate surface area is 117 Å². The van der Waals surface area contributed by atoms with Gasteiger partial charge in [0, 0.05) is 12.3 Å². The number of aliphatic hydroxyl groups excluding tert-OH is 2. The van der Waals surface area contributed by atoms with Gasteiger partial charge in [0.05, 0.1) is 11.7 Å². The van der Waals surface area contributed by atoms with Crippen molar-refractivity contribution in [3.63, 3.8) is 0 Å². The predicted octanol–water partition coefficient (Wildman–Crippen LogP) is -1.73. The Bertz CT molecular complexity index is 690. The molecule has 0 aromatic carbocycles. The van der Waals surface area contributed by atoms with Crippen molar-refractivity contribution in [1.29, 1.82) is 0 Å². The van der Waals surface area contributed by atoms with Crippen LogP contribution in [0.15, 0.2) is 21.9 Å². The molecule has 0 aliphatic carbocycles.